The highest BCUT2D eigenvalue weighted by atomic mass is 79.9. The fourth-order valence-corrected chi connectivity index (χ4v) is 4.13. The molecule has 2 heteroatoms. The monoisotopic (exact) mass is 301 g/mol. The van der Waals surface area contributed by atoms with Gasteiger partial charge in [0.2, 0.25) is 0 Å². The van der Waals surface area contributed by atoms with E-state index in [1.54, 1.807) is 0 Å². The summed E-state index contributed by atoms with van der Waals surface area (Å²) < 4.78 is 0. The molecular weight excluding hydrogens is 274 g/mol. The van der Waals surface area contributed by atoms with Gasteiger partial charge in [0.25, 0.3) is 0 Å². The number of rotatable bonds is 5. The van der Waals surface area contributed by atoms with Crippen LogP contribution in [0.15, 0.2) is 0 Å². The third-order valence-corrected chi connectivity index (χ3v) is 5.03. The lowest BCUT2D eigenvalue weighted by Gasteiger charge is -2.37. The Morgan fingerprint density at radius 1 is 0.824 bits per heavy atom. The van der Waals surface area contributed by atoms with Crippen LogP contribution in [0.25, 0.3) is 0 Å². The molecule has 2 aliphatic rings. The molecule has 2 fully saturated rings. The Morgan fingerprint density at radius 2 is 1.41 bits per heavy atom. The van der Waals surface area contributed by atoms with E-state index in [9.17, 15) is 0 Å². The van der Waals surface area contributed by atoms with E-state index in [1.165, 1.54) is 77.3 Å². The highest BCUT2D eigenvalue weighted by Crippen LogP contribution is 2.28. The quantitative estimate of drug-likeness (QED) is 0.671. The molecule has 0 radical (unpaired) electrons. The maximum absolute atomic E-state index is 3.64. The Balaban J connectivity index is 1.81. The van der Waals surface area contributed by atoms with Crippen LogP contribution in [0.5, 0.6) is 0 Å². The van der Waals surface area contributed by atoms with Gasteiger partial charge in [-0.05, 0) is 31.6 Å². The molecule has 0 aliphatic heterocycles. The fraction of sp³-hybridized carbons (Fsp3) is 1.00. The first-order valence-corrected chi connectivity index (χ1v) is 8.82. The van der Waals surface area contributed by atoms with E-state index in [0.29, 0.717) is 0 Å². The summed E-state index contributed by atoms with van der Waals surface area (Å²) >= 11 is 3.64. The van der Waals surface area contributed by atoms with E-state index in [-0.39, 0.29) is 0 Å². The third-order valence-electron chi connectivity index (χ3n) is 4.68. The average molecular weight is 302 g/mol. The summed E-state index contributed by atoms with van der Waals surface area (Å²) in [6, 6.07) is 0.906. The van der Waals surface area contributed by atoms with Crippen molar-refractivity contribution in [3.63, 3.8) is 0 Å². The van der Waals surface area contributed by atoms with E-state index in [4.69, 9.17) is 0 Å². The van der Waals surface area contributed by atoms with Gasteiger partial charge in [-0.3, -0.25) is 4.90 Å². The molecule has 0 saturated heterocycles. The topological polar surface area (TPSA) is 3.24 Å². The first-order chi connectivity index (χ1) is 8.40. The van der Waals surface area contributed by atoms with Crippen LogP contribution in [0.2, 0.25) is 0 Å². The molecule has 1 nitrogen and oxygen atoms in total. The number of hydrogen-bond donors (Lipinski definition) is 0. The molecule has 17 heavy (non-hydrogen) atoms. The maximum Gasteiger partial charge on any atom is 0.0159 e. The van der Waals surface area contributed by atoms with Crippen molar-refractivity contribution >= 4 is 15.9 Å². The number of hydrogen-bond acceptors (Lipinski definition) is 1. The summed E-state index contributed by atoms with van der Waals surface area (Å²) in [4.78, 5) is 2.81. The summed E-state index contributed by atoms with van der Waals surface area (Å²) in [6.45, 7) is 2.65. The van der Waals surface area contributed by atoms with Gasteiger partial charge in [0.05, 0.1) is 0 Å². The van der Waals surface area contributed by atoms with Gasteiger partial charge >= 0.3 is 0 Å². The molecule has 2 aliphatic carbocycles. The molecule has 0 amide bonds. The first-order valence-electron chi connectivity index (χ1n) is 7.70. The molecule has 100 valence electrons. The molecule has 0 bridgehead atoms. The SMILES string of the molecule is BrCCN(CC1CCCCC1)C1CCCCC1. The third kappa shape index (κ3) is 4.55. The summed E-state index contributed by atoms with van der Waals surface area (Å²) in [5.74, 6) is 1.00. The highest BCUT2D eigenvalue weighted by Gasteiger charge is 2.24. The van der Waals surface area contributed by atoms with Gasteiger partial charge < -0.3 is 0 Å². The smallest absolute Gasteiger partial charge is 0.0159 e. The summed E-state index contributed by atoms with van der Waals surface area (Å²) in [5, 5.41) is 1.15. The van der Waals surface area contributed by atoms with Crippen LogP contribution in [-0.4, -0.2) is 29.4 Å². The molecule has 0 aromatic rings. The first kappa shape index (κ1) is 13.9. The Hall–Kier alpha value is 0.440. The summed E-state index contributed by atoms with van der Waals surface area (Å²) in [7, 11) is 0. The van der Waals surface area contributed by atoms with Crippen LogP contribution in [0.3, 0.4) is 0 Å². The standard InChI is InChI=1S/C15H28BrN/c16-11-12-17(15-9-5-2-6-10-15)13-14-7-3-1-4-8-14/h14-15H,1-13H2. The Labute approximate surface area is 115 Å². The highest BCUT2D eigenvalue weighted by molar-refractivity contribution is 9.09. The molecular formula is C15H28BrN. The molecule has 0 atom stereocenters. The Kier molecular flexibility index (Phi) is 6.35. The van der Waals surface area contributed by atoms with Crippen molar-refractivity contribution in [2.75, 3.05) is 18.4 Å². The zero-order valence-electron chi connectivity index (χ0n) is 11.2. The van der Waals surface area contributed by atoms with Crippen molar-refractivity contribution < 1.29 is 0 Å². The van der Waals surface area contributed by atoms with E-state index in [1.807, 2.05) is 0 Å². The minimum Gasteiger partial charge on any atom is -0.299 e. The van der Waals surface area contributed by atoms with Crippen LogP contribution in [0, 0.1) is 5.92 Å². The lowest BCUT2D eigenvalue weighted by Crippen LogP contribution is -2.41. The van der Waals surface area contributed by atoms with E-state index >= 15 is 0 Å². The van der Waals surface area contributed by atoms with Gasteiger partial charge in [0, 0.05) is 24.5 Å². The normalized spacial score (nSPS) is 24.4. The van der Waals surface area contributed by atoms with E-state index in [2.05, 4.69) is 20.8 Å². The zero-order valence-corrected chi connectivity index (χ0v) is 12.8. The minimum atomic E-state index is 0.906. The van der Waals surface area contributed by atoms with Crippen molar-refractivity contribution in [2.45, 2.75) is 70.3 Å². The molecule has 2 saturated carbocycles. The van der Waals surface area contributed by atoms with Crippen LogP contribution in [-0.2, 0) is 0 Å². The van der Waals surface area contributed by atoms with Crippen LogP contribution < -0.4 is 0 Å². The zero-order chi connectivity index (χ0) is 11.9. The predicted molar refractivity (Wildman–Crippen MR) is 78.8 cm³/mol. The lowest BCUT2D eigenvalue weighted by molar-refractivity contribution is 0.128. The second kappa shape index (κ2) is 7.78. The van der Waals surface area contributed by atoms with Crippen molar-refractivity contribution in [2.24, 2.45) is 5.92 Å². The number of nitrogens with zero attached hydrogens (tertiary/aromatic N) is 1. The Bertz CT molecular complexity index is 195. The molecule has 0 unspecified atom stereocenters. The lowest BCUT2D eigenvalue weighted by atomic mass is 9.87. The summed E-state index contributed by atoms with van der Waals surface area (Å²) in [5.41, 5.74) is 0. The maximum atomic E-state index is 3.64. The van der Waals surface area contributed by atoms with E-state index in [0.717, 1.165) is 17.3 Å². The molecule has 0 spiro atoms. The van der Waals surface area contributed by atoms with Gasteiger partial charge in [0.15, 0.2) is 0 Å². The second-order valence-corrected chi connectivity index (χ2v) is 6.77. The number of halogens is 1. The molecule has 0 heterocycles. The van der Waals surface area contributed by atoms with E-state index < -0.39 is 0 Å². The van der Waals surface area contributed by atoms with Crippen molar-refractivity contribution in [3.05, 3.63) is 0 Å². The van der Waals surface area contributed by atoms with Crippen molar-refractivity contribution in [1.29, 1.82) is 0 Å². The largest absolute Gasteiger partial charge is 0.299 e. The van der Waals surface area contributed by atoms with Crippen LogP contribution in [0.4, 0.5) is 0 Å². The van der Waals surface area contributed by atoms with Gasteiger partial charge in [-0.15, -0.1) is 0 Å². The van der Waals surface area contributed by atoms with Crippen LogP contribution >= 0.6 is 15.9 Å². The molecule has 0 aromatic carbocycles. The van der Waals surface area contributed by atoms with Crippen LogP contribution in [0.1, 0.15) is 64.2 Å². The fourth-order valence-electron chi connectivity index (χ4n) is 3.68. The van der Waals surface area contributed by atoms with Gasteiger partial charge in [-0.1, -0.05) is 54.5 Å². The number of alkyl halides is 1. The summed E-state index contributed by atoms with van der Waals surface area (Å²) in [6.07, 6.45) is 14.8. The minimum absolute atomic E-state index is 0.906. The van der Waals surface area contributed by atoms with Gasteiger partial charge in [-0.25, -0.2) is 0 Å². The average Bonchev–Trinajstić information content (AvgIpc) is 2.40. The van der Waals surface area contributed by atoms with Crippen molar-refractivity contribution in [1.82, 2.24) is 4.90 Å². The van der Waals surface area contributed by atoms with Crippen molar-refractivity contribution in [3.8, 4) is 0 Å². The van der Waals surface area contributed by atoms with Gasteiger partial charge in [0.1, 0.15) is 0 Å². The second-order valence-electron chi connectivity index (χ2n) is 5.98. The molecule has 0 aromatic heterocycles. The predicted octanol–water partition coefficient (Wildman–Crippen LogP) is 4.60. The Morgan fingerprint density at radius 3 is 2.00 bits per heavy atom. The van der Waals surface area contributed by atoms with Gasteiger partial charge in [-0.2, -0.15) is 0 Å². The molecule has 2 rings (SSSR count). The molecule has 0 N–H and O–H groups in total.